The molecule has 1 atom stereocenters. The van der Waals surface area contributed by atoms with Crippen LogP contribution in [0.25, 0.3) is 0 Å². The van der Waals surface area contributed by atoms with Gasteiger partial charge in [-0.25, -0.2) is 13.1 Å². The molecule has 1 aromatic rings. The first-order valence-corrected chi connectivity index (χ1v) is 8.09. The minimum atomic E-state index is -3.49. The van der Waals surface area contributed by atoms with Crippen LogP contribution in [0, 0.1) is 12.8 Å². The Kier molecular flexibility index (Phi) is 5.38. The normalized spacial score (nSPS) is 13.7. The predicted molar refractivity (Wildman–Crippen MR) is 79.4 cm³/mol. The van der Waals surface area contributed by atoms with E-state index < -0.39 is 10.0 Å². The van der Waals surface area contributed by atoms with Crippen molar-refractivity contribution in [2.45, 2.75) is 51.5 Å². The van der Waals surface area contributed by atoms with E-state index in [2.05, 4.69) is 18.6 Å². The molecule has 4 nitrogen and oxygen atoms in total. The second kappa shape index (κ2) is 6.39. The molecule has 0 aliphatic rings. The molecule has 0 heterocycles. The lowest BCUT2D eigenvalue weighted by atomic mass is 10.1. The van der Waals surface area contributed by atoms with Gasteiger partial charge in [-0.2, -0.15) is 0 Å². The van der Waals surface area contributed by atoms with Crippen molar-refractivity contribution in [1.82, 2.24) is 4.72 Å². The van der Waals surface area contributed by atoms with Gasteiger partial charge in [0.15, 0.2) is 0 Å². The van der Waals surface area contributed by atoms with Gasteiger partial charge in [0, 0.05) is 11.7 Å². The molecule has 0 spiro atoms. The third-order valence-corrected chi connectivity index (χ3v) is 4.88. The lowest BCUT2D eigenvalue weighted by Gasteiger charge is -2.17. The first-order chi connectivity index (χ1) is 8.74. The SMILES string of the molecule is Cc1c(N)cccc1S(=O)(=O)NC(C)CCC(C)C. The molecule has 108 valence electrons. The fourth-order valence-corrected chi connectivity index (χ4v) is 3.45. The molecule has 0 saturated heterocycles. The fourth-order valence-electron chi connectivity index (χ4n) is 1.89. The summed E-state index contributed by atoms with van der Waals surface area (Å²) in [5.74, 6) is 0.570. The Labute approximate surface area is 116 Å². The number of nitrogen functional groups attached to an aromatic ring is 1. The second-order valence-corrected chi connectivity index (χ2v) is 7.15. The lowest BCUT2D eigenvalue weighted by molar-refractivity contribution is 0.485. The van der Waals surface area contributed by atoms with Crippen molar-refractivity contribution in [3.63, 3.8) is 0 Å². The zero-order chi connectivity index (χ0) is 14.6. The standard InChI is InChI=1S/C14H24N2O2S/c1-10(2)8-9-11(3)16-19(17,18)14-7-5-6-13(15)12(14)4/h5-7,10-11,16H,8-9,15H2,1-4H3. The van der Waals surface area contributed by atoms with Gasteiger partial charge in [-0.1, -0.05) is 19.9 Å². The number of hydrogen-bond acceptors (Lipinski definition) is 3. The molecule has 1 rings (SSSR count). The Morgan fingerprint density at radius 1 is 1.21 bits per heavy atom. The first-order valence-electron chi connectivity index (χ1n) is 6.61. The van der Waals surface area contributed by atoms with E-state index in [0.29, 0.717) is 17.2 Å². The quantitative estimate of drug-likeness (QED) is 0.789. The third kappa shape index (κ3) is 4.51. The van der Waals surface area contributed by atoms with Crippen LogP contribution < -0.4 is 10.5 Å². The van der Waals surface area contributed by atoms with Crippen molar-refractivity contribution in [3.8, 4) is 0 Å². The fraction of sp³-hybridized carbons (Fsp3) is 0.571. The van der Waals surface area contributed by atoms with Crippen LogP contribution in [0.15, 0.2) is 23.1 Å². The van der Waals surface area contributed by atoms with E-state index in [1.165, 1.54) is 0 Å². The summed E-state index contributed by atoms with van der Waals surface area (Å²) in [4.78, 5) is 0.267. The molecule has 0 bridgehead atoms. The van der Waals surface area contributed by atoms with Gasteiger partial charge < -0.3 is 5.73 Å². The molecule has 0 aromatic heterocycles. The number of sulfonamides is 1. The summed E-state index contributed by atoms with van der Waals surface area (Å²) in [6.45, 7) is 7.87. The monoisotopic (exact) mass is 284 g/mol. The predicted octanol–water partition coefficient (Wildman–Crippen LogP) is 2.68. The molecule has 0 aliphatic heterocycles. The van der Waals surface area contributed by atoms with Gasteiger partial charge in [0.1, 0.15) is 0 Å². The largest absolute Gasteiger partial charge is 0.398 e. The number of anilines is 1. The average Bonchev–Trinajstić information content (AvgIpc) is 2.29. The zero-order valence-corrected chi connectivity index (χ0v) is 12.9. The molecular formula is C14H24N2O2S. The maximum Gasteiger partial charge on any atom is 0.241 e. The van der Waals surface area contributed by atoms with Crippen LogP contribution >= 0.6 is 0 Å². The van der Waals surface area contributed by atoms with Crippen LogP contribution in [0.3, 0.4) is 0 Å². The molecule has 0 radical (unpaired) electrons. The highest BCUT2D eigenvalue weighted by molar-refractivity contribution is 7.89. The topological polar surface area (TPSA) is 72.2 Å². The van der Waals surface area contributed by atoms with E-state index in [-0.39, 0.29) is 10.9 Å². The Bertz CT molecular complexity index is 524. The summed E-state index contributed by atoms with van der Waals surface area (Å²) >= 11 is 0. The van der Waals surface area contributed by atoms with Crippen LogP contribution in [0.4, 0.5) is 5.69 Å². The molecule has 0 fully saturated rings. The smallest absolute Gasteiger partial charge is 0.241 e. The Morgan fingerprint density at radius 3 is 2.42 bits per heavy atom. The van der Waals surface area contributed by atoms with E-state index in [9.17, 15) is 8.42 Å². The minimum absolute atomic E-state index is 0.0757. The Hall–Kier alpha value is -1.07. The Balaban J connectivity index is 2.84. The maximum atomic E-state index is 12.3. The van der Waals surface area contributed by atoms with E-state index in [0.717, 1.165) is 12.8 Å². The Morgan fingerprint density at radius 2 is 1.84 bits per heavy atom. The van der Waals surface area contributed by atoms with Gasteiger partial charge in [0.2, 0.25) is 10.0 Å². The minimum Gasteiger partial charge on any atom is -0.398 e. The van der Waals surface area contributed by atoms with E-state index >= 15 is 0 Å². The summed E-state index contributed by atoms with van der Waals surface area (Å²) < 4.78 is 27.3. The molecule has 5 heteroatoms. The summed E-state index contributed by atoms with van der Waals surface area (Å²) in [6, 6.07) is 4.88. The van der Waals surface area contributed by atoms with Gasteiger partial charge in [0.05, 0.1) is 4.90 Å². The summed E-state index contributed by atoms with van der Waals surface area (Å²) in [7, 11) is -3.49. The molecule has 3 N–H and O–H groups in total. The van der Waals surface area contributed by atoms with Crippen LogP contribution in [0.2, 0.25) is 0 Å². The zero-order valence-electron chi connectivity index (χ0n) is 12.1. The summed E-state index contributed by atoms with van der Waals surface area (Å²) in [5.41, 5.74) is 6.86. The van der Waals surface area contributed by atoms with Crippen molar-refractivity contribution in [2.24, 2.45) is 5.92 Å². The van der Waals surface area contributed by atoms with Gasteiger partial charge in [-0.15, -0.1) is 0 Å². The average molecular weight is 284 g/mol. The van der Waals surface area contributed by atoms with Crippen molar-refractivity contribution >= 4 is 15.7 Å². The van der Waals surface area contributed by atoms with Crippen LogP contribution in [0.1, 0.15) is 39.2 Å². The first kappa shape index (κ1) is 16.0. The molecule has 0 aliphatic carbocycles. The molecule has 19 heavy (non-hydrogen) atoms. The number of nitrogens with two attached hydrogens (primary N) is 1. The van der Waals surface area contributed by atoms with Crippen LogP contribution in [-0.2, 0) is 10.0 Å². The maximum absolute atomic E-state index is 12.3. The number of rotatable bonds is 6. The van der Waals surface area contributed by atoms with Crippen molar-refractivity contribution in [3.05, 3.63) is 23.8 Å². The number of hydrogen-bond donors (Lipinski definition) is 2. The molecule has 1 aromatic carbocycles. The van der Waals surface area contributed by atoms with Crippen LogP contribution in [-0.4, -0.2) is 14.5 Å². The van der Waals surface area contributed by atoms with Crippen molar-refractivity contribution < 1.29 is 8.42 Å². The summed E-state index contributed by atoms with van der Waals surface area (Å²) in [6.07, 6.45) is 1.83. The number of benzene rings is 1. The molecule has 0 saturated carbocycles. The van der Waals surface area contributed by atoms with Gasteiger partial charge in [-0.05, 0) is 50.3 Å². The van der Waals surface area contributed by atoms with E-state index in [4.69, 9.17) is 5.73 Å². The molecule has 1 unspecified atom stereocenters. The van der Waals surface area contributed by atoms with Crippen molar-refractivity contribution in [2.75, 3.05) is 5.73 Å². The number of nitrogens with one attached hydrogen (secondary N) is 1. The van der Waals surface area contributed by atoms with E-state index in [1.54, 1.807) is 25.1 Å². The summed E-state index contributed by atoms with van der Waals surface area (Å²) in [5, 5.41) is 0. The second-order valence-electron chi connectivity index (χ2n) is 5.46. The molecular weight excluding hydrogens is 260 g/mol. The van der Waals surface area contributed by atoms with Gasteiger partial charge in [0.25, 0.3) is 0 Å². The highest BCUT2D eigenvalue weighted by Gasteiger charge is 2.20. The molecule has 0 amide bonds. The highest BCUT2D eigenvalue weighted by Crippen LogP contribution is 2.21. The lowest BCUT2D eigenvalue weighted by Crippen LogP contribution is -2.33. The highest BCUT2D eigenvalue weighted by atomic mass is 32.2. The van der Waals surface area contributed by atoms with Gasteiger partial charge >= 0.3 is 0 Å². The van der Waals surface area contributed by atoms with Gasteiger partial charge in [-0.3, -0.25) is 0 Å². The van der Waals surface area contributed by atoms with Crippen molar-refractivity contribution in [1.29, 1.82) is 0 Å². The van der Waals surface area contributed by atoms with Crippen LogP contribution in [0.5, 0.6) is 0 Å². The van der Waals surface area contributed by atoms with E-state index in [1.807, 2.05) is 6.92 Å². The third-order valence-electron chi connectivity index (χ3n) is 3.15.